The number of para-hydroxylation sites is 2. The third kappa shape index (κ3) is 3.12. The molecular weight excluding hydrogens is 360 g/mol. The Balaban J connectivity index is 1.81. The van der Waals surface area contributed by atoms with E-state index in [0.29, 0.717) is 13.1 Å². The molecule has 4 rings (SSSR count). The van der Waals surface area contributed by atoms with E-state index in [0.717, 1.165) is 45.7 Å². The summed E-state index contributed by atoms with van der Waals surface area (Å²) in [6.45, 7) is 8.08. The lowest BCUT2D eigenvalue weighted by Gasteiger charge is -2.36. The predicted molar refractivity (Wildman–Crippen MR) is 108 cm³/mol. The van der Waals surface area contributed by atoms with E-state index in [-0.39, 0.29) is 11.8 Å². The number of hydrogen-bond donors (Lipinski definition) is 0. The SMILES string of the molecule is CC(=O)N1CCN(C2=Nc3ccccc3N(C(C)=O)c3sc(C)cc32)CC1. The largest absolute Gasteiger partial charge is 0.352 e. The average molecular weight is 382 g/mol. The summed E-state index contributed by atoms with van der Waals surface area (Å²) >= 11 is 1.61. The number of amidine groups is 1. The lowest BCUT2D eigenvalue weighted by atomic mass is 10.2. The highest BCUT2D eigenvalue weighted by Gasteiger charge is 2.31. The fraction of sp³-hybridized carbons (Fsp3) is 0.350. The van der Waals surface area contributed by atoms with Crippen molar-refractivity contribution in [2.75, 3.05) is 31.1 Å². The number of aliphatic imine (C=N–C) groups is 1. The Bertz CT molecular complexity index is 941. The van der Waals surface area contributed by atoms with Crippen molar-refractivity contribution in [3.05, 3.63) is 40.8 Å². The Morgan fingerprint density at radius 2 is 1.74 bits per heavy atom. The van der Waals surface area contributed by atoms with Crippen LogP contribution in [0.3, 0.4) is 0 Å². The second-order valence-electron chi connectivity index (χ2n) is 6.85. The number of nitrogens with zero attached hydrogens (tertiary/aromatic N) is 4. The van der Waals surface area contributed by atoms with Gasteiger partial charge in [0, 0.05) is 44.9 Å². The van der Waals surface area contributed by atoms with E-state index in [9.17, 15) is 9.59 Å². The van der Waals surface area contributed by atoms with Gasteiger partial charge in [0.2, 0.25) is 11.8 Å². The van der Waals surface area contributed by atoms with Crippen LogP contribution in [0.1, 0.15) is 24.3 Å². The maximum atomic E-state index is 12.5. The van der Waals surface area contributed by atoms with Crippen molar-refractivity contribution in [2.24, 2.45) is 4.99 Å². The van der Waals surface area contributed by atoms with E-state index in [1.54, 1.807) is 30.1 Å². The monoisotopic (exact) mass is 382 g/mol. The maximum Gasteiger partial charge on any atom is 0.229 e. The summed E-state index contributed by atoms with van der Waals surface area (Å²) in [5, 5.41) is 0.915. The molecule has 0 N–H and O–H groups in total. The Morgan fingerprint density at radius 3 is 2.41 bits per heavy atom. The fourth-order valence-corrected chi connectivity index (χ4v) is 4.71. The average Bonchev–Trinajstić information content (AvgIpc) is 2.95. The third-order valence-corrected chi connectivity index (χ3v) is 6.00. The van der Waals surface area contributed by atoms with E-state index in [1.807, 2.05) is 29.2 Å². The van der Waals surface area contributed by atoms with E-state index < -0.39 is 0 Å². The number of carbonyl (C=O) groups excluding carboxylic acids is 2. The van der Waals surface area contributed by atoms with Crippen LogP contribution in [0.5, 0.6) is 0 Å². The molecule has 7 heteroatoms. The van der Waals surface area contributed by atoms with Crippen LogP contribution in [0.4, 0.5) is 16.4 Å². The molecule has 0 aliphatic carbocycles. The minimum atomic E-state index is -0.0246. The predicted octanol–water partition coefficient (Wildman–Crippen LogP) is 3.30. The van der Waals surface area contributed by atoms with Crippen molar-refractivity contribution in [1.82, 2.24) is 9.80 Å². The molecule has 140 valence electrons. The summed E-state index contributed by atoms with van der Waals surface area (Å²) in [6.07, 6.45) is 0. The summed E-state index contributed by atoms with van der Waals surface area (Å²) in [4.78, 5) is 36.1. The molecule has 1 saturated heterocycles. The lowest BCUT2D eigenvalue weighted by Crippen LogP contribution is -2.50. The number of piperazine rings is 1. The molecule has 2 aromatic rings. The number of thiophene rings is 1. The van der Waals surface area contributed by atoms with Crippen LogP contribution in [0.15, 0.2) is 35.3 Å². The quantitative estimate of drug-likeness (QED) is 0.702. The molecule has 0 bridgehead atoms. The first-order valence-electron chi connectivity index (χ1n) is 9.05. The van der Waals surface area contributed by atoms with Gasteiger partial charge in [-0.2, -0.15) is 0 Å². The Hall–Kier alpha value is -2.67. The highest BCUT2D eigenvalue weighted by atomic mass is 32.1. The summed E-state index contributed by atoms with van der Waals surface area (Å²) in [5.74, 6) is 0.967. The zero-order valence-electron chi connectivity index (χ0n) is 15.7. The highest BCUT2D eigenvalue weighted by Crippen LogP contribution is 2.44. The van der Waals surface area contributed by atoms with Crippen LogP contribution in [0.25, 0.3) is 0 Å². The third-order valence-electron chi connectivity index (χ3n) is 4.97. The van der Waals surface area contributed by atoms with Crippen LogP contribution in [-0.4, -0.2) is 53.6 Å². The van der Waals surface area contributed by atoms with Crippen molar-refractivity contribution in [1.29, 1.82) is 0 Å². The first-order chi connectivity index (χ1) is 13.0. The summed E-state index contributed by atoms with van der Waals surface area (Å²) < 4.78 is 0. The second kappa shape index (κ2) is 6.81. The van der Waals surface area contributed by atoms with Gasteiger partial charge >= 0.3 is 0 Å². The number of anilines is 2. The number of aryl methyl sites for hydroxylation is 1. The van der Waals surface area contributed by atoms with Gasteiger partial charge in [0.1, 0.15) is 10.8 Å². The zero-order valence-corrected chi connectivity index (χ0v) is 16.5. The van der Waals surface area contributed by atoms with Crippen LogP contribution < -0.4 is 4.90 Å². The van der Waals surface area contributed by atoms with Crippen LogP contribution in [-0.2, 0) is 9.59 Å². The van der Waals surface area contributed by atoms with Crippen LogP contribution >= 0.6 is 11.3 Å². The highest BCUT2D eigenvalue weighted by molar-refractivity contribution is 7.16. The molecule has 2 aliphatic heterocycles. The van der Waals surface area contributed by atoms with Gasteiger partial charge in [0.15, 0.2) is 0 Å². The Labute approximate surface area is 162 Å². The van der Waals surface area contributed by atoms with E-state index >= 15 is 0 Å². The Morgan fingerprint density at radius 1 is 1.04 bits per heavy atom. The molecule has 2 aliphatic rings. The molecule has 1 fully saturated rings. The van der Waals surface area contributed by atoms with Gasteiger partial charge in [-0.25, -0.2) is 4.99 Å². The van der Waals surface area contributed by atoms with Crippen molar-refractivity contribution < 1.29 is 9.59 Å². The minimum absolute atomic E-state index is 0.0246. The summed E-state index contributed by atoms with van der Waals surface area (Å²) in [7, 11) is 0. The van der Waals surface area contributed by atoms with Gasteiger partial charge in [-0.05, 0) is 25.1 Å². The number of carbonyl (C=O) groups is 2. The number of fused-ring (bicyclic) bond motifs is 2. The molecular formula is C20H22N4O2S. The topological polar surface area (TPSA) is 56.2 Å². The molecule has 2 amide bonds. The molecule has 0 spiro atoms. The fourth-order valence-electron chi connectivity index (χ4n) is 3.65. The van der Waals surface area contributed by atoms with Crippen molar-refractivity contribution >= 4 is 45.4 Å². The van der Waals surface area contributed by atoms with Gasteiger partial charge < -0.3 is 9.80 Å². The summed E-state index contributed by atoms with van der Waals surface area (Å²) in [5.41, 5.74) is 2.59. The molecule has 6 nitrogen and oxygen atoms in total. The second-order valence-corrected chi connectivity index (χ2v) is 8.08. The zero-order chi connectivity index (χ0) is 19.1. The molecule has 0 radical (unpaired) electrons. The molecule has 1 aromatic heterocycles. The van der Waals surface area contributed by atoms with Crippen LogP contribution in [0, 0.1) is 6.92 Å². The number of hydrogen-bond acceptors (Lipinski definition) is 5. The van der Waals surface area contributed by atoms with E-state index in [1.165, 1.54) is 0 Å². The summed E-state index contributed by atoms with van der Waals surface area (Å²) in [6, 6.07) is 9.87. The number of benzene rings is 1. The number of amides is 2. The lowest BCUT2D eigenvalue weighted by molar-refractivity contribution is -0.130. The normalized spacial score (nSPS) is 16.4. The van der Waals surface area contributed by atoms with Gasteiger partial charge in [-0.3, -0.25) is 14.5 Å². The van der Waals surface area contributed by atoms with E-state index in [4.69, 9.17) is 4.99 Å². The van der Waals surface area contributed by atoms with Crippen molar-refractivity contribution in [2.45, 2.75) is 20.8 Å². The molecule has 3 heterocycles. The first-order valence-corrected chi connectivity index (χ1v) is 9.87. The van der Waals surface area contributed by atoms with Gasteiger partial charge in [0.25, 0.3) is 0 Å². The maximum absolute atomic E-state index is 12.5. The molecule has 0 unspecified atom stereocenters. The molecule has 27 heavy (non-hydrogen) atoms. The standard InChI is InChI=1S/C20H22N4O2S/c1-13-12-16-19(23-10-8-22(9-11-23)14(2)25)21-17-6-4-5-7-18(17)24(15(3)26)20(16)27-13/h4-7,12H,8-11H2,1-3H3. The Kier molecular flexibility index (Phi) is 4.47. The molecule has 0 saturated carbocycles. The van der Waals surface area contributed by atoms with Crippen molar-refractivity contribution in [3.8, 4) is 0 Å². The van der Waals surface area contributed by atoms with Crippen LogP contribution in [0.2, 0.25) is 0 Å². The van der Waals surface area contributed by atoms with Crippen molar-refractivity contribution in [3.63, 3.8) is 0 Å². The first kappa shape index (κ1) is 17.7. The van der Waals surface area contributed by atoms with E-state index in [2.05, 4.69) is 17.9 Å². The molecule has 1 aromatic carbocycles. The number of rotatable bonds is 0. The smallest absolute Gasteiger partial charge is 0.229 e. The van der Waals surface area contributed by atoms with Gasteiger partial charge in [-0.1, -0.05) is 12.1 Å². The van der Waals surface area contributed by atoms with Gasteiger partial charge in [0.05, 0.1) is 16.9 Å². The minimum Gasteiger partial charge on any atom is -0.352 e. The van der Waals surface area contributed by atoms with Gasteiger partial charge in [-0.15, -0.1) is 11.3 Å². The molecule has 0 atom stereocenters.